The zero-order valence-electron chi connectivity index (χ0n) is 21.2. The van der Waals surface area contributed by atoms with Crippen LogP contribution < -0.4 is 0 Å². The minimum absolute atomic E-state index is 0.0459. The first-order chi connectivity index (χ1) is 18.0. The van der Waals surface area contributed by atoms with Crippen LogP contribution in [0.5, 0.6) is 0 Å². The number of aliphatic imine (C=N–C) groups is 1. The van der Waals surface area contributed by atoms with Gasteiger partial charge in [-0.15, -0.1) is 0 Å². The SMILES string of the molecule is CCOC(=O)C1=C(O)/C(=C/c2ccc(-c3ccc(Cl)cc3Cl)o2)SC1=NC(=O)c1ccc(C(C)(C)C)cc1. The molecule has 0 unspecified atom stereocenters. The third-order valence-corrected chi connectivity index (χ3v) is 7.24. The number of rotatable bonds is 5. The van der Waals surface area contributed by atoms with Crippen LogP contribution in [0.4, 0.5) is 0 Å². The number of nitrogens with zero attached hydrogens (tertiary/aromatic N) is 1. The van der Waals surface area contributed by atoms with Crippen LogP contribution in [-0.4, -0.2) is 28.6 Å². The van der Waals surface area contributed by atoms with Gasteiger partial charge in [0.15, 0.2) is 0 Å². The summed E-state index contributed by atoms with van der Waals surface area (Å²) in [4.78, 5) is 30.1. The number of ether oxygens (including phenoxy) is 1. The standard InChI is InChI=1S/C29H25Cl2NO5S/c1-5-36-28(35)24-25(33)23(15-19-11-13-22(37-19)20-12-10-18(30)14-21(20)31)38-27(24)32-26(34)16-6-8-17(9-7-16)29(2,3)4/h6-15,33H,5H2,1-4H3/b23-15-,32-27?. The maximum atomic E-state index is 13.0. The highest BCUT2D eigenvalue weighted by Crippen LogP contribution is 2.40. The van der Waals surface area contributed by atoms with Crippen molar-refractivity contribution >= 4 is 58.0 Å². The maximum absolute atomic E-state index is 13.0. The summed E-state index contributed by atoms with van der Waals surface area (Å²) in [5, 5.41) is 11.9. The number of aliphatic hydroxyl groups excluding tert-OH is 1. The summed E-state index contributed by atoms with van der Waals surface area (Å²) in [5.41, 5.74) is 1.85. The molecular formula is C29H25Cl2NO5S. The summed E-state index contributed by atoms with van der Waals surface area (Å²) in [6, 6.07) is 15.6. The second kappa shape index (κ2) is 11.2. The molecule has 0 spiro atoms. The van der Waals surface area contributed by atoms with Crippen LogP contribution in [0.3, 0.4) is 0 Å². The van der Waals surface area contributed by atoms with E-state index in [1.165, 1.54) is 0 Å². The highest BCUT2D eigenvalue weighted by molar-refractivity contribution is 8.18. The molecule has 0 aliphatic carbocycles. The van der Waals surface area contributed by atoms with Crippen molar-refractivity contribution in [3.63, 3.8) is 0 Å². The Morgan fingerprint density at radius 3 is 2.42 bits per heavy atom. The van der Waals surface area contributed by atoms with E-state index >= 15 is 0 Å². The van der Waals surface area contributed by atoms with Crippen LogP contribution in [0, 0.1) is 0 Å². The van der Waals surface area contributed by atoms with Gasteiger partial charge >= 0.3 is 5.97 Å². The molecule has 1 aliphatic heterocycles. The second-order valence-electron chi connectivity index (χ2n) is 9.43. The molecule has 0 atom stereocenters. The number of hydrogen-bond acceptors (Lipinski definition) is 6. The number of carbonyl (C=O) groups excluding carboxylic acids is 2. The second-order valence-corrected chi connectivity index (χ2v) is 11.3. The van der Waals surface area contributed by atoms with Gasteiger partial charge in [0.2, 0.25) is 0 Å². The third-order valence-electron chi connectivity index (χ3n) is 5.67. The van der Waals surface area contributed by atoms with Gasteiger partial charge in [0.25, 0.3) is 5.91 Å². The molecule has 0 bridgehead atoms. The Hall–Kier alpha value is -3.26. The zero-order valence-corrected chi connectivity index (χ0v) is 23.5. The molecule has 4 rings (SSSR count). The van der Waals surface area contributed by atoms with E-state index < -0.39 is 11.9 Å². The molecule has 1 N–H and O–H groups in total. The summed E-state index contributed by atoms with van der Waals surface area (Å²) in [6.07, 6.45) is 1.55. The minimum atomic E-state index is -0.774. The average molecular weight is 570 g/mol. The fraction of sp³-hybridized carbons (Fsp3) is 0.207. The van der Waals surface area contributed by atoms with Gasteiger partial charge in [-0.3, -0.25) is 4.79 Å². The maximum Gasteiger partial charge on any atom is 0.344 e. The lowest BCUT2D eigenvalue weighted by atomic mass is 9.87. The summed E-state index contributed by atoms with van der Waals surface area (Å²) in [6.45, 7) is 7.99. The average Bonchev–Trinajstić information content (AvgIpc) is 3.43. The number of hydrogen-bond donors (Lipinski definition) is 1. The molecule has 2 heterocycles. The van der Waals surface area contributed by atoms with Gasteiger partial charge in [-0.2, -0.15) is 0 Å². The smallest absolute Gasteiger partial charge is 0.344 e. The van der Waals surface area contributed by atoms with E-state index in [0.717, 1.165) is 17.3 Å². The van der Waals surface area contributed by atoms with Crippen molar-refractivity contribution in [2.24, 2.45) is 4.99 Å². The van der Waals surface area contributed by atoms with E-state index in [1.54, 1.807) is 55.5 Å². The predicted molar refractivity (Wildman–Crippen MR) is 153 cm³/mol. The van der Waals surface area contributed by atoms with E-state index in [2.05, 4.69) is 25.8 Å². The topological polar surface area (TPSA) is 89.1 Å². The van der Waals surface area contributed by atoms with Crippen molar-refractivity contribution in [3.05, 3.63) is 97.8 Å². The third kappa shape index (κ3) is 6.07. The van der Waals surface area contributed by atoms with Crippen LogP contribution in [0.1, 0.15) is 49.4 Å². The fourth-order valence-corrected chi connectivity index (χ4v) is 5.15. The Morgan fingerprint density at radius 2 is 1.79 bits per heavy atom. The summed E-state index contributed by atoms with van der Waals surface area (Å²) < 4.78 is 11.0. The largest absolute Gasteiger partial charge is 0.506 e. The molecule has 6 nitrogen and oxygen atoms in total. The van der Waals surface area contributed by atoms with Crippen molar-refractivity contribution in [1.29, 1.82) is 0 Å². The Morgan fingerprint density at radius 1 is 1.08 bits per heavy atom. The highest BCUT2D eigenvalue weighted by atomic mass is 35.5. The summed E-state index contributed by atoms with van der Waals surface area (Å²) in [7, 11) is 0. The van der Waals surface area contributed by atoms with Gasteiger partial charge in [0.05, 0.1) is 16.5 Å². The molecule has 9 heteroatoms. The number of aliphatic hydroxyl groups is 1. The van der Waals surface area contributed by atoms with Crippen LogP contribution in [0.15, 0.2) is 80.2 Å². The van der Waals surface area contributed by atoms with Gasteiger partial charge in [-0.05, 0) is 66.4 Å². The Balaban J connectivity index is 1.66. The Labute approximate surface area is 235 Å². The molecular weight excluding hydrogens is 545 g/mol. The van der Waals surface area contributed by atoms with Gasteiger partial charge in [0, 0.05) is 16.1 Å². The van der Waals surface area contributed by atoms with E-state index in [9.17, 15) is 14.7 Å². The van der Waals surface area contributed by atoms with Crippen LogP contribution in [0.25, 0.3) is 17.4 Å². The first-order valence-electron chi connectivity index (χ1n) is 11.8. The lowest BCUT2D eigenvalue weighted by Crippen LogP contribution is -2.14. The molecule has 196 valence electrons. The number of amides is 1. The van der Waals surface area contributed by atoms with Gasteiger partial charge in [-0.25, -0.2) is 9.79 Å². The number of benzene rings is 2. The summed E-state index contributed by atoms with van der Waals surface area (Å²) in [5.74, 6) is -0.761. The van der Waals surface area contributed by atoms with Crippen molar-refractivity contribution in [2.75, 3.05) is 6.61 Å². The molecule has 3 aromatic rings. The quantitative estimate of drug-likeness (QED) is 0.311. The van der Waals surface area contributed by atoms with E-state index in [1.807, 2.05) is 12.1 Å². The van der Waals surface area contributed by atoms with E-state index in [0.29, 0.717) is 32.7 Å². The Kier molecular flexibility index (Phi) is 8.21. The van der Waals surface area contributed by atoms with Crippen molar-refractivity contribution in [3.8, 4) is 11.3 Å². The first-order valence-corrected chi connectivity index (χ1v) is 13.3. The molecule has 0 saturated heterocycles. The molecule has 1 aromatic heterocycles. The lowest BCUT2D eigenvalue weighted by molar-refractivity contribution is -0.138. The lowest BCUT2D eigenvalue weighted by Gasteiger charge is -2.18. The molecule has 38 heavy (non-hydrogen) atoms. The van der Waals surface area contributed by atoms with Crippen molar-refractivity contribution in [1.82, 2.24) is 0 Å². The number of esters is 1. The Bertz CT molecular complexity index is 1490. The van der Waals surface area contributed by atoms with Crippen LogP contribution >= 0.6 is 35.0 Å². The summed E-state index contributed by atoms with van der Waals surface area (Å²) >= 11 is 13.2. The monoisotopic (exact) mass is 569 g/mol. The highest BCUT2D eigenvalue weighted by Gasteiger charge is 2.34. The molecule has 1 amide bonds. The van der Waals surface area contributed by atoms with E-state index in [4.69, 9.17) is 32.4 Å². The predicted octanol–water partition coefficient (Wildman–Crippen LogP) is 8.25. The molecule has 0 saturated carbocycles. The minimum Gasteiger partial charge on any atom is -0.506 e. The number of halogens is 2. The van der Waals surface area contributed by atoms with Crippen LogP contribution in [-0.2, 0) is 14.9 Å². The fourth-order valence-electron chi connectivity index (χ4n) is 3.66. The van der Waals surface area contributed by atoms with Crippen molar-refractivity contribution < 1.29 is 23.8 Å². The van der Waals surface area contributed by atoms with Crippen molar-refractivity contribution in [2.45, 2.75) is 33.1 Å². The van der Waals surface area contributed by atoms with Crippen LogP contribution in [0.2, 0.25) is 10.0 Å². The first kappa shape index (κ1) is 27.8. The number of furan rings is 1. The molecule has 1 aliphatic rings. The molecule has 0 fully saturated rings. The molecule has 2 aromatic carbocycles. The van der Waals surface area contributed by atoms with Gasteiger partial charge in [-0.1, -0.05) is 67.9 Å². The zero-order chi connectivity index (χ0) is 27.6. The van der Waals surface area contributed by atoms with Gasteiger partial charge in [0.1, 0.15) is 27.9 Å². The van der Waals surface area contributed by atoms with E-state index in [-0.39, 0.29) is 33.3 Å². The van der Waals surface area contributed by atoms with Gasteiger partial charge < -0.3 is 14.3 Å². The number of thioether (sulfide) groups is 1. The number of carbonyl (C=O) groups is 2. The normalized spacial score (nSPS) is 15.9. The molecule has 0 radical (unpaired) electrons.